The molecule has 2 atom stereocenters. The van der Waals surface area contributed by atoms with Crippen LogP contribution in [0.5, 0.6) is 0 Å². The number of rotatable bonds is 15. The van der Waals surface area contributed by atoms with Gasteiger partial charge in [0.2, 0.25) is 27.6 Å². The van der Waals surface area contributed by atoms with Crippen LogP contribution in [0.15, 0.2) is 41.9 Å². The van der Waals surface area contributed by atoms with Crippen molar-refractivity contribution in [2.45, 2.75) is 37.1 Å². The first-order chi connectivity index (χ1) is 19.6. The number of benzene rings is 1. The molecule has 0 radical (unpaired) electrons. The van der Waals surface area contributed by atoms with Gasteiger partial charge in [0, 0.05) is 31.2 Å². The Hall–Kier alpha value is -3.73. The van der Waals surface area contributed by atoms with Crippen molar-refractivity contribution in [3.05, 3.63) is 52.5 Å². The number of esters is 1. The van der Waals surface area contributed by atoms with Crippen molar-refractivity contribution in [3.63, 3.8) is 0 Å². The zero-order valence-electron chi connectivity index (χ0n) is 22.5. The molecule has 2 heterocycles. The number of ketones is 1. The molecule has 1 aromatic heterocycles. The van der Waals surface area contributed by atoms with Crippen molar-refractivity contribution in [1.82, 2.24) is 24.5 Å². The van der Waals surface area contributed by atoms with E-state index in [0.717, 1.165) is 34.1 Å². The van der Waals surface area contributed by atoms with E-state index in [2.05, 4.69) is 10.3 Å². The molecule has 1 saturated heterocycles. The lowest BCUT2D eigenvalue weighted by molar-refractivity contribution is -0.149. The minimum atomic E-state index is -4.00. The highest BCUT2D eigenvalue weighted by Gasteiger charge is 2.43. The number of thiazole rings is 1. The van der Waals surface area contributed by atoms with Gasteiger partial charge in [0.15, 0.2) is 5.01 Å². The van der Waals surface area contributed by atoms with E-state index in [0.29, 0.717) is 12.0 Å². The third-order valence-corrected chi connectivity index (χ3v) is 9.01. The maximum atomic E-state index is 13.4. The van der Waals surface area contributed by atoms with Crippen LogP contribution < -0.4 is 11.2 Å². The van der Waals surface area contributed by atoms with Gasteiger partial charge in [-0.3, -0.25) is 24.6 Å². The first-order valence-electron chi connectivity index (χ1n) is 12.7. The number of aromatic nitrogens is 1. The SMILES string of the molecule is COC(=O)C[C@H]1C(=O)N(CC(=O)N[C@@H](CCCN(N)C=N)C(=O)c2nccs2)CCN1S(=O)(=O)Cc1ccccc1. The fourth-order valence-corrected chi connectivity index (χ4v) is 6.65. The van der Waals surface area contributed by atoms with Gasteiger partial charge < -0.3 is 20.0 Å². The van der Waals surface area contributed by atoms with Gasteiger partial charge in [-0.05, 0) is 18.4 Å². The van der Waals surface area contributed by atoms with E-state index in [1.807, 2.05) is 0 Å². The molecule has 0 spiro atoms. The van der Waals surface area contributed by atoms with Gasteiger partial charge in [0.25, 0.3) is 0 Å². The number of nitrogens with one attached hydrogen (secondary N) is 2. The smallest absolute Gasteiger partial charge is 0.307 e. The third-order valence-electron chi connectivity index (χ3n) is 6.38. The summed E-state index contributed by atoms with van der Waals surface area (Å²) >= 11 is 1.12. The van der Waals surface area contributed by atoms with Crippen molar-refractivity contribution in [2.24, 2.45) is 5.84 Å². The van der Waals surface area contributed by atoms with Crippen LogP contribution in [0.25, 0.3) is 0 Å². The van der Waals surface area contributed by atoms with Crippen LogP contribution in [0.3, 0.4) is 0 Å². The predicted molar refractivity (Wildman–Crippen MR) is 150 cm³/mol. The monoisotopic (exact) mass is 607 g/mol. The van der Waals surface area contributed by atoms with E-state index in [9.17, 15) is 27.6 Å². The summed E-state index contributed by atoms with van der Waals surface area (Å²) in [5, 5.41) is 12.8. The summed E-state index contributed by atoms with van der Waals surface area (Å²) in [6, 6.07) is 6.10. The summed E-state index contributed by atoms with van der Waals surface area (Å²) in [5.74, 6) is 2.70. The Labute approximate surface area is 242 Å². The number of carbonyl (C=O) groups excluding carboxylic acids is 4. The largest absolute Gasteiger partial charge is 0.469 e. The lowest BCUT2D eigenvalue weighted by Gasteiger charge is -2.39. The molecule has 222 valence electrons. The number of piperazine rings is 1. The van der Waals surface area contributed by atoms with Crippen molar-refractivity contribution < 1.29 is 32.3 Å². The molecule has 0 saturated carbocycles. The molecule has 3 rings (SSSR count). The van der Waals surface area contributed by atoms with Crippen molar-refractivity contribution in [1.29, 1.82) is 5.41 Å². The normalized spacial score (nSPS) is 16.6. The lowest BCUT2D eigenvalue weighted by Crippen LogP contribution is -2.61. The van der Waals surface area contributed by atoms with Crippen LogP contribution in [0.2, 0.25) is 0 Å². The standard InChI is InChI=1S/C25H33N7O7S2/c1-39-22(34)14-20-25(36)30(11-12-32(20)41(37,38)16-18-6-3-2-4-7-18)15-21(33)29-19(8-5-10-31(27)17-26)23(35)24-28-9-13-40-24/h2-4,6-7,9,13,17,19-20,26H,5,8,10-12,14-16,27H2,1H3,(H,29,33)/t19-,20-/m0/s1. The number of hydrazine groups is 1. The molecule has 16 heteroatoms. The maximum absolute atomic E-state index is 13.4. The van der Waals surface area contributed by atoms with Gasteiger partial charge in [0.1, 0.15) is 6.04 Å². The number of amides is 2. The van der Waals surface area contributed by atoms with Gasteiger partial charge in [0.05, 0.1) is 38.2 Å². The Morgan fingerprint density at radius 3 is 2.66 bits per heavy atom. The molecule has 2 aromatic rings. The fraction of sp³-hybridized carbons (Fsp3) is 0.440. The molecule has 0 bridgehead atoms. The third kappa shape index (κ3) is 8.88. The number of sulfonamides is 1. The van der Waals surface area contributed by atoms with Crippen LogP contribution in [-0.4, -0.2) is 103 Å². The van der Waals surface area contributed by atoms with Gasteiger partial charge in [-0.15, -0.1) is 11.3 Å². The van der Waals surface area contributed by atoms with E-state index in [1.54, 1.807) is 35.7 Å². The molecule has 1 aromatic carbocycles. The van der Waals surface area contributed by atoms with Gasteiger partial charge in [-0.1, -0.05) is 30.3 Å². The van der Waals surface area contributed by atoms with Crippen molar-refractivity contribution in [2.75, 3.05) is 33.3 Å². The number of hydrogen-bond acceptors (Lipinski definition) is 11. The number of nitrogens with zero attached hydrogens (tertiary/aromatic N) is 4. The second-order valence-electron chi connectivity index (χ2n) is 9.24. The number of Topliss-reactive ketones (excluding diaryl/α,β-unsaturated/α-hetero) is 1. The average Bonchev–Trinajstić information content (AvgIpc) is 3.49. The Kier molecular flexibility index (Phi) is 11.5. The number of ether oxygens (including phenoxy) is 1. The predicted octanol–water partition coefficient (Wildman–Crippen LogP) is -0.0205. The second kappa shape index (κ2) is 14.8. The van der Waals surface area contributed by atoms with E-state index >= 15 is 0 Å². The van der Waals surface area contributed by atoms with Crippen LogP contribution in [-0.2, 0) is 34.9 Å². The van der Waals surface area contributed by atoms with Crippen molar-refractivity contribution in [3.8, 4) is 0 Å². The molecule has 14 nitrogen and oxygen atoms in total. The maximum Gasteiger partial charge on any atom is 0.307 e. The van der Waals surface area contributed by atoms with Crippen LogP contribution in [0.1, 0.15) is 34.6 Å². The van der Waals surface area contributed by atoms with Crippen LogP contribution in [0, 0.1) is 5.41 Å². The average molecular weight is 608 g/mol. The van der Waals surface area contributed by atoms with E-state index in [1.165, 1.54) is 11.1 Å². The Balaban J connectivity index is 1.72. The first-order valence-corrected chi connectivity index (χ1v) is 15.2. The molecule has 0 aliphatic carbocycles. The zero-order valence-corrected chi connectivity index (χ0v) is 24.1. The summed E-state index contributed by atoms with van der Waals surface area (Å²) < 4.78 is 32.2. The summed E-state index contributed by atoms with van der Waals surface area (Å²) in [6.07, 6.45) is 2.47. The lowest BCUT2D eigenvalue weighted by atomic mass is 10.1. The Bertz CT molecular complexity index is 1320. The fourth-order valence-electron chi connectivity index (χ4n) is 4.33. The molecule has 1 aliphatic rings. The second-order valence-corrected chi connectivity index (χ2v) is 12.1. The van der Waals surface area contributed by atoms with Gasteiger partial charge in [-0.2, -0.15) is 4.31 Å². The zero-order chi connectivity index (χ0) is 30.0. The molecule has 1 fully saturated rings. The van der Waals surface area contributed by atoms with E-state index in [-0.39, 0.29) is 36.8 Å². The highest BCUT2D eigenvalue weighted by Crippen LogP contribution is 2.22. The van der Waals surface area contributed by atoms with Crippen LogP contribution >= 0.6 is 11.3 Å². The van der Waals surface area contributed by atoms with Crippen LogP contribution in [0.4, 0.5) is 0 Å². The number of hydrogen-bond donors (Lipinski definition) is 3. The Morgan fingerprint density at radius 2 is 2.02 bits per heavy atom. The number of carbonyl (C=O) groups is 4. The summed E-state index contributed by atoms with van der Waals surface area (Å²) in [7, 11) is -2.87. The van der Waals surface area contributed by atoms with Crippen molar-refractivity contribution >= 4 is 51.3 Å². The molecular formula is C25H33N7O7S2. The molecule has 41 heavy (non-hydrogen) atoms. The molecule has 4 N–H and O–H groups in total. The minimum absolute atomic E-state index is 0.0928. The molecule has 0 unspecified atom stereocenters. The van der Waals surface area contributed by atoms with Gasteiger partial charge >= 0.3 is 5.97 Å². The van der Waals surface area contributed by atoms with E-state index in [4.69, 9.17) is 16.0 Å². The summed E-state index contributed by atoms with van der Waals surface area (Å²) in [4.78, 5) is 56.8. The summed E-state index contributed by atoms with van der Waals surface area (Å²) in [6.45, 7) is -0.403. The highest BCUT2D eigenvalue weighted by atomic mass is 32.2. The molecule has 1 aliphatic heterocycles. The van der Waals surface area contributed by atoms with E-state index < -0.39 is 58.6 Å². The topological polar surface area (TPSA) is 196 Å². The summed E-state index contributed by atoms with van der Waals surface area (Å²) in [5.41, 5.74) is 0.521. The Morgan fingerprint density at radius 1 is 1.29 bits per heavy atom. The number of methoxy groups -OCH3 is 1. The molecular weight excluding hydrogens is 574 g/mol. The van der Waals surface area contributed by atoms with Gasteiger partial charge in [-0.25, -0.2) is 19.2 Å². The molecule has 2 amide bonds. The minimum Gasteiger partial charge on any atom is -0.469 e. The quantitative estimate of drug-likeness (QED) is 0.0618. The highest BCUT2D eigenvalue weighted by molar-refractivity contribution is 7.88. The first kappa shape index (κ1) is 31.8. The number of nitrogens with two attached hydrogens (primary N) is 1.